The molecule has 0 bridgehead atoms. The van der Waals surface area contributed by atoms with Crippen LogP contribution in [0.3, 0.4) is 0 Å². The van der Waals surface area contributed by atoms with Crippen LogP contribution in [0.5, 0.6) is 0 Å². The predicted octanol–water partition coefficient (Wildman–Crippen LogP) is 2.06. The Kier molecular flexibility index (Phi) is 3.28. The molecule has 4 atom stereocenters. The second-order valence-corrected chi connectivity index (χ2v) is 6.65. The molecule has 110 valence electrons. The van der Waals surface area contributed by atoms with Gasteiger partial charge >= 0.3 is 6.09 Å². The first kappa shape index (κ1) is 14.8. The normalized spacial score (nSPS) is 36.7. The Morgan fingerprint density at radius 3 is 2.50 bits per heavy atom. The van der Waals surface area contributed by atoms with Crippen molar-refractivity contribution in [3.05, 3.63) is 0 Å². The number of carbonyl (C=O) groups is 2. The van der Waals surface area contributed by atoms with E-state index in [2.05, 4.69) is 0 Å². The van der Waals surface area contributed by atoms with Crippen molar-refractivity contribution in [1.82, 2.24) is 4.90 Å². The molecule has 3 unspecified atom stereocenters. The van der Waals surface area contributed by atoms with E-state index in [0.717, 1.165) is 0 Å². The van der Waals surface area contributed by atoms with Crippen LogP contribution in [0.2, 0.25) is 0 Å². The predicted molar refractivity (Wildman–Crippen MR) is 68.5 cm³/mol. The van der Waals surface area contributed by atoms with E-state index in [9.17, 15) is 14.0 Å². The van der Waals surface area contributed by atoms with Crippen molar-refractivity contribution >= 4 is 11.9 Å². The number of halogens is 1. The van der Waals surface area contributed by atoms with E-state index < -0.39 is 35.2 Å². The van der Waals surface area contributed by atoms with E-state index in [-0.39, 0.29) is 18.7 Å². The molecule has 1 heterocycles. The van der Waals surface area contributed by atoms with Gasteiger partial charge in [0, 0.05) is 6.54 Å². The number of hydrogen-bond donors (Lipinski definition) is 0. The highest BCUT2D eigenvalue weighted by molar-refractivity contribution is 5.95. The Morgan fingerprint density at radius 1 is 1.55 bits per heavy atom. The number of ether oxygens (including phenoxy) is 1. The van der Waals surface area contributed by atoms with Crippen LogP contribution in [0.15, 0.2) is 0 Å². The van der Waals surface area contributed by atoms with E-state index in [0.29, 0.717) is 0 Å². The van der Waals surface area contributed by atoms with Gasteiger partial charge in [0.1, 0.15) is 17.7 Å². The van der Waals surface area contributed by atoms with Gasteiger partial charge in [-0.3, -0.25) is 4.79 Å². The molecule has 1 aliphatic heterocycles. The summed E-state index contributed by atoms with van der Waals surface area (Å²) in [5.41, 5.74) is -1.85. The quantitative estimate of drug-likeness (QED) is 0.682. The lowest BCUT2D eigenvalue weighted by atomic mass is 9.81. The minimum absolute atomic E-state index is 0.00125. The molecule has 0 radical (unpaired) electrons. The third kappa shape index (κ3) is 2.26. The summed E-state index contributed by atoms with van der Waals surface area (Å²) in [6, 6.07) is 1.31. The number of carbonyl (C=O) groups excluding carboxylic acids is 2. The van der Waals surface area contributed by atoms with Crippen molar-refractivity contribution < 1.29 is 18.7 Å². The molecule has 20 heavy (non-hydrogen) atoms. The van der Waals surface area contributed by atoms with Crippen molar-refractivity contribution in [2.75, 3.05) is 6.54 Å². The summed E-state index contributed by atoms with van der Waals surface area (Å²) >= 11 is 0. The molecule has 1 spiro atoms. The fourth-order valence-corrected chi connectivity index (χ4v) is 2.63. The Hall–Kier alpha value is -1.64. The minimum atomic E-state index is -1.26. The Morgan fingerprint density at radius 2 is 2.10 bits per heavy atom. The van der Waals surface area contributed by atoms with Crippen LogP contribution < -0.4 is 0 Å². The zero-order valence-electron chi connectivity index (χ0n) is 12.1. The number of amides is 1. The largest absolute Gasteiger partial charge is 0.444 e. The molecule has 0 N–H and O–H groups in total. The highest BCUT2D eigenvalue weighted by Crippen LogP contribution is 2.54. The van der Waals surface area contributed by atoms with Gasteiger partial charge in [0.05, 0.1) is 17.5 Å². The highest BCUT2D eigenvalue weighted by atomic mass is 19.1. The summed E-state index contributed by atoms with van der Waals surface area (Å²) in [6.45, 7) is 6.82. The zero-order chi connectivity index (χ0) is 15.3. The standard InChI is InChI=1S/C14H19FN2O3/c1-8-9(6-16)11(18)14(5-10(14)15)7-17(8)12(19)20-13(2,3)4/h8-10H,5,7H2,1-4H3/t8-,9?,10?,14?/m0/s1. The summed E-state index contributed by atoms with van der Waals surface area (Å²) in [7, 11) is 0. The van der Waals surface area contributed by atoms with Crippen LogP contribution in [-0.4, -0.2) is 41.1 Å². The first-order valence-electron chi connectivity index (χ1n) is 6.70. The SMILES string of the molecule is C[C@H]1C(C#N)C(=O)C2(CC2F)CN1C(=O)OC(C)(C)C. The van der Waals surface area contributed by atoms with Crippen LogP contribution >= 0.6 is 0 Å². The molecule has 1 amide bonds. The fraction of sp³-hybridized carbons (Fsp3) is 0.786. The summed E-state index contributed by atoms with van der Waals surface area (Å²) < 4.78 is 18.9. The van der Waals surface area contributed by atoms with E-state index in [1.165, 1.54) is 4.90 Å². The number of nitrogens with zero attached hydrogens (tertiary/aromatic N) is 2. The molecule has 2 fully saturated rings. The highest BCUT2D eigenvalue weighted by Gasteiger charge is 2.67. The Bertz CT molecular complexity index is 494. The molecule has 5 nitrogen and oxygen atoms in total. The summed E-state index contributed by atoms with van der Waals surface area (Å²) in [6.07, 6.45) is -1.77. The first-order chi connectivity index (χ1) is 9.12. The number of nitriles is 1. The van der Waals surface area contributed by atoms with Crippen molar-refractivity contribution in [2.24, 2.45) is 11.3 Å². The van der Waals surface area contributed by atoms with Gasteiger partial charge in [-0.2, -0.15) is 5.26 Å². The van der Waals surface area contributed by atoms with Crippen molar-refractivity contribution in [2.45, 2.75) is 51.9 Å². The molecule has 2 aliphatic rings. The van der Waals surface area contributed by atoms with Crippen molar-refractivity contribution in [1.29, 1.82) is 5.26 Å². The van der Waals surface area contributed by atoms with Crippen molar-refractivity contribution in [3.63, 3.8) is 0 Å². The molecule has 1 saturated heterocycles. The van der Waals surface area contributed by atoms with E-state index in [1.54, 1.807) is 27.7 Å². The van der Waals surface area contributed by atoms with Gasteiger partial charge in [0.25, 0.3) is 0 Å². The summed E-state index contributed by atoms with van der Waals surface area (Å²) in [5.74, 6) is -1.36. The molecule has 1 saturated carbocycles. The number of ketones is 1. The molecule has 0 aromatic heterocycles. The molecular weight excluding hydrogens is 263 g/mol. The maximum atomic E-state index is 13.6. The smallest absolute Gasteiger partial charge is 0.410 e. The van der Waals surface area contributed by atoms with Gasteiger partial charge < -0.3 is 9.64 Å². The number of hydrogen-bond acceptors (Lipinski definition) is 4. The van der Waals surface area contributed by atoms with Gasteiger partial charge in [-0.25, -0.2) is 9.18 Å². The number of Topliss-reactive ketones (excluding diaryl/α,β-unsaturated/α-hetero) is 1. The van der Waals surface area contributed by atoms with Crippen molar-refractivity contribution in [3.8, 4) is 6.07 Å². The Balaban J connectivity index is 2.24. The minimum Gasteiger partial charge on any atom is -0.444 e. The van der Waals surface area contributed by atoms with Crippen LogP contribution in [0.4, 0.5) is 9.18 Å². The number of piperidine rings is 1. The third-order valence-corrected chi connectivity index (χ3v) is 3.95. The lowest BCUT2D eigenvalue weighted by Crippen LogP contribution is -2.57. The zero-order valence-corrected chi connectivity index (χ0v) is 12.1. The lowest BCUT2D eigenvalue weighted by Gasteiger charge is -2.40. The van der Waals surface area contributed by atoms with Crippen LogP contribution in [-0.2, 0) is 9.53 Å². The average Bonchev–Trinajstić information content (AvgIpc) is 2.94. The molecule has 0 aromatic carbocycles. The molecule has 0 aromatic rings. The summed E-state index contributed by atoms with van der Waals surface area (Å²) in [5, 5.41) is 9.14. The van der Waals surface area contributed by atoms with Gasteiger partial charge in [-0.15, -0.1) is 0 Å². The van der Waals surface area contributed by atoms with E-state index in [4.69, 9.17) is 10.00 Å². The van der Waals surface area contributed by atoms with Gasteiger partial charge in [0.15, 0.2) is 5.78 Å². The molecule has 2 rings (SSSR count). The number of likely N-dealkylation sites (tertiary alicyclic amines) is 1. The van der Waals surface area contributed by atoms with E-state index >= 15 is 0 Å². The van der Waals surface area contributed by atoms with Crippen LogP contribution in [0, 0.1) is 22.7 Å². The molecule has 6 heteroatoms. The third-order valence-electron chi connectivity index (χ3n) is 3.95. The maximum absolute atomic E-state index is 13.6. The summed E-state index contributed by atoms with van der Waals surface area (Å²) in [4.78, 5) is 25.7. The Labute approximate surface area is 117 Å². The lowest BCUT2D eigenvalue weighted by molar-refractivity contribution is -0.133. The first-order valence-corrected chi connectivity index (χ1v) is 6.70. The second kappa shape index (κ2) is 4.44. The van der Waals surface area contributed by atoms with Gasteiger partial charge in [0.2, 0.25) is 0 Å². The topological polar surface area (TPSA) is 70.4 Å². The van der Waals surface area contributed by atoms with E-state index in [1.807, 2.05) is 6.07 Å². The number of alkyl halides is 1. The van der Waals surface area contributed by atoms with Crippen LogP contribution in [0.1, 0.15) is 34.1 Å². The second-order valence-electron chi connectivity index (χ2n) is 6.65. The monoisotopic (exact) mass is 282 g/mol. The molecule has 1 aliphatic carbocycles. The number of rotatable bonds is 0. The maximum Gasteiger partial charge on any atom is 0.410 e. The fourth-order valence-electron chi connectivity index (χ4n) is 2.63. The van der Waals surface area contributed by atoms with Crippen LogP contribution in [0.25, 0.3) is 0 Å². The van der Waals surface area contributed by atoms with Gasteiger partial charge in [-0.05, 0) is 34.1 Å². The average molecular weight is 282 g/mol. The van der Waals surface area contributed by atoms with Gasteiger partial charge in [-0.1, -0.05) is 0 Å². The molecular formula is C14H19FN2O3.